The first-order valence-electron chi connectivity index (χ1n) is 6.55. The van der Waals surface area contributed by atoms with Gasteiger partial charge in [0.15, 0.2) is 6.61 Å². The summed E-state index contributed by atoms with van der Waals surface area (Å²) in [6.45, 7) is 7.71. The number of amides is 1. The zero-order valence-electron chi connectivity index (χ0n) is 12.1. The molecule has 4 nitrogen and oxygen atoms in total. The Morgan fingerprint density at radius 2 is 1.89 bits per heavy atom. The van der Waals surface area contributed by atoms with Crippen molar-refractivity contribution in [2.75, 3.05) is 13.2 Å². The van der Waals surface area contributed by atoms with Gasteiger partial charge in [-0.1, -0.05) is 32.0 Å². The van der Waals surface area contributed by atoms with E-state index in [4.69, 9.17) is 9.84 Å². The van der Waals surface area contributed by atoms with E-state index < -0.39 is 0 Å². The Kier molecular flexibility index (Phi) is 5.83. The highest BCUT2D eigenvalue weighted by Crippen LogP contribution is 2.22. The molecule has 0 spiro atoms. The van der Waals surface area contributed by atoms with Crippen molar-refractivity contribution in [3.05, 3.63) is 29.3 Å². The van der Waals surface area contributed by atoms with Gasteiger partial charge < -0.3 is 15.2 Å². The van der Waals surface area contributed by atoms with E-state index in [1.54, 1.807) is 0 Å². The Morgan fingerprint density at radius 3 is 2.37 bits per heavy atom. The van der Waals surface area contributed by atoms with Gasteiger partial charge in [-0.3, -0.25) is 4.79 Å². The molecule has 1 aromatic carbocycles. The monoisotopic (exact) mass is 265 g/mol. The summed E-state index contributed by atoms with van der Waals surface area (Å²) in [4.78, 5) is 11.8. The lowest BCUT2D eigenvalue weighted by Gasteiger charge is -2.20. The van der Waals surface area contributed by atoms with E-state index in [0.717, 1.165) is 16.9 Å². The van der Waals surface area contributed by atoms with Crippen molar-refractivity contribution in [1.82, 2.24) is 5.32 Å². The average molecular weight is 265 g/mol. The number of hydrogen-bond acceptors (Lipinski definition) is 3. The zero-order chi connectivity index (χ0) is 14.4. The van der Waals surface area contributed by atoms with E-state index >= 15 is 0 Å². The number of para-hydroxylation sites is 1. The number of rotatable bonds is 6. The van der Waals surface area contributed by atoms with Gasteiger partial charge in [0.1, 0.15) is 5.75 Å². The van der Waals surface area contributed by atoms with Gasteiger partial charge in [-0.2, -0.15) is 0 Å². The molecule has 0 aromatic heterocycles. The van der Waals surface area contributed by atoms with Crippen LogP contribution < -0.4 is 10.1 Å². The lowest BCUT2D eigenvalue weighted by Crippen LogP contribution is -2.43. The number of nitrogens with one attached hydrogen (secondary N) is 1. The molecule has 0 saturated heterocycles. The molecule has 0 heterocycles. The average Bonchev–Trinajstić information content (AvgIpc) is 2.35. The van der Waals surface area contributed by atoms with Crippen molar-refractivity contribution in [1.29, 1.82) is 0 Å². The summed E-state index contributed by atoms with van der Waals surface area (Å²) < 4.78 is 5.56. The number of aliphatic hydroxyl groups excluding tert-OH is 1. The van der Waals surface area contributed by atoms with Gasteiger partial charge in [0, 0.05) is 0 Å². The molecule has 1 amide bonds. The van der Waals surface area contributed by atoms with Crippen LogP contribution in [-0.4, -0.2) is 30.3 Å². The Hall–Kier alpha value is -1.55. The van der Waals surface area contributed by atoms with Crippen LogP contribution in [0.3, 0.4) is 0 Å². The van der Waals surface area contributed by atoms with Gasteiger partial charge in [-0.05, 0) is 30.9 Å². The number of hydrogen-bond donors (Lipinski definition) is 2. The maximum atomic E-state index is 11.8. The highest BCUT2D eigenvalue weighted by molar-refractivity contribution is 5.78. The third-order valence-corrected chi connectivity index (χ3v) is 3.10. The summed E-state index contributed by atoms with van der Waals surface area (Å²) in [5.74, 6) is 0.729. The normalized spacial score (nSPS) is 12.3. The van der Waals surface area contributed by atoms with Crippen molar-refractivity contribution < 1.29 is 14.6 Å². The maximum absolute atomic E-state index is 11.8. The van der Waals surface area contributed by atoms with Gasteiger partial charge in [0.25, 0.3) is 5.91 Å². The topological polar surface area (TPSA) is 58.6 Å². The van der Waals surface area contributed by atoms with E-state index in [9.17, 15) is 4.79 Å². The number of aryl methyl sites for hydroxylation is 2. The number of carbonyl (C=O) groups is 1. The minimum atomic E-state index is -0.228. The molecule has 0 unspecified atom stereocenters. The lowest BCUT2D eigenvalue weighted by molar-refractivity contribution is -0.124. The van der Waals surface area contributed by atoms with E-state index in [2.05, 4.69) is 5.32 Å². The molecule has 0 radical (unpaired) electrons. The molecule has 0 aliphatic carbocycles. The van der Waals surface area contributed by atoms with Gasteiger partial charge in [-0.25, -0.2) is 0 Å². The Bertz CT molecular complexity index is 409. The van der Waals surface area contributed by atoms with Gasteiger partial charge in [0.05, 0.1) is 12.6 Å². The van der Waals surface area contributed by atoms with E-state index in [1.807, 2.05) is 45.9 Å². The summed E-state index contributed by atoms with van der Waals surface area (Å²) in [6, 6.07) is 5.63. The van der Waals surface area contributed by atoms with Crippen LogP contribution in [0.1, 0.15) is 25.0 Å². The first kappa shape index (κ1) is 15.5. The van der Waals surface area contributed by atoms with Crippen molar-refractivity contribution >= 4 is 5.91 Å². The number of benzene rings is 1. The molecule has 1 aromatic rings. The third kappa shape index (κ3) is 4.56. The van der Waals surface area contributed by atoms with Crippen LogP contribution in [0.5, 0.6) is 5.75 Å². The van der Waals surface area contributed by atoms with E-state index in [1.165, 1.54) is 0 Å². The van der Waals surface area contributed by atoms with Crippen molar-refractivity contribution in [3.8, 4) is 5.75 Å². The molecule has 1 atom stereocenters. The number of ether oxygens (including phenoxy) is 1. The first-order valence-corrected chi connectivity index (χ1v) is 6.55. The van der Waals surface area contributed by atoms with Gasteiger partial charge >= 0.3 is 0 Å². The lowest BCUT2D eigenvalue weighted by atomic mass is 10.1. The second kappa shape index (κ2) is 7.14. The fraction of sp³-hybridized carbons (Fsp3) is 0.533. The molecule has 2 N–H and O–H groups in total. The molecule has 0 fully saturated rings. The summed E-state index contributed by atoms with van der Waals surface area (Å²) in [7, 11) is 0. The van der Waals surface area contributed by atoms with Crippen LogP contribution in [-0.2, 0) is 4.79 Å². The third-order valence-electron chi connectivity index (χ3n) is 3.10. The molecule has 1 rings (SSSR count). The van der Waals surface area contributed by atoms with Crippen LogP contribution in [0, 0.1) is 19.8 Å². The minimum absolute atomic E-state index is 0.0328. The summed E-state index contributed by atoms with van der Waals surface area (Å²) >= 11 is 0. The second-order valence-corrected chi connectivity index (χ2v) is 5.11. The van der Waals surface area contributed by atoms with Crippen LogP contribution >= 0.6 is 0 Å². The fourth-order valence-corrected chi connectivity index (χ4v) is 1.84. The van der Waals surface area contributed by atoms with E-state index in [-0.39, 0.29) is 31.1 Å². The van der Waals surface area contributed by atoms with Gasteiger partial charge in [-0.15, -0.1) is 0 Å². The highest BCUT2D eigenvalue weighted by Gasteiger charge is 2.15. The largest absolute Gasteiger partial charge is 0.483 e. The predicted octanol–water partition coefficient (Wildman–Crippen LogP) is 1.82. The number of carbonyl (C=O) groups excluding carboxylic acids is 1. The first-order chi connectivity index (χ1) is 8.95. The van der Waals surface area contributed by atoms with E-state index in [0.29, 0.717) is 0 Å². The molecule has 0 saturated carbocycles. The summed E-state index contributed by atoms with van der Waals surface area (Å²) in [5, 5.41) is 11.9. The van der Waals surface area contributed by atoms with Crippen molar-refractivity contribution in [3.63, 3.8) is 0 Å². The minimum Gasteiger partial charge on any atom is -0.483 e. The standard InChI is InChI=1S/C15H23NO3/c1-10(2)13(8-17)16-14(18)9-19-15-11(3)6-5-7-12(15)4/h5-7,10,13,17H,8-9H2,1-4H3,(H,16,18)/t13-/m1/s1. The molecule has 0 aliphatic rings. The van der Waals surface area contributed by atoms with Crippen molar-refractivity contribution in [2.45, 2.75) is 33.7 Å². The molecule has 0 bridgehead atoms. The predicted molar refractivity (Wildman–Crippen MR) is 75.3 cm³/mol. The molecule has 19 heavy (non-hydrogen) atoms. The molecule has 4 heteroatoms. The van der Waals surface area contributed by atoms with Crippen molar-refractivity contribution in [2.24, 2.45) is 5.92 Å². The SMILES string of the molecule is Cc1cccc(C)c1OCC(=O)N[C@H](CO)C(C)C. The Morgan fingerprint density at radius 1 is 1.32 bits per heavy atom. The van der Waals surface area contributed by atoms with Crippen LogP contribution in [0.15, 0.2) is 18.2 Å². The Labute approximate surface area is 114 Å². The highest BCUT2D eigenvalue weighted by atomic mass is 16.5. The van der Waals surface area contributed by atoms with Crippen LogP contribution in [0.2, 0.25) is 0 Å². The second-order valence-electron chi connectivity index (χ2n) is 5.11. The zero-order valence-corrected chi connectivity index (χ0v) is 12.1. The maximum Gasteiger partial charge on any atom is 0.258 e. The molecule has 106 valence electrons. The van der Waals surface area contributed by atoms with Gasteiger partial charge in [0.2, 0.25) is 0 Å². The van der Waals surface area contributed by atoms with Crippen LogP contribution in [0.4, 0.5) is 0 Å². The quantitative estimate of drug-likeness (QED) is 0.825. The van der Waals surface area contributed by atoms with Crippen LogP contribution in [0.25, 0.3) is 0 Å². The fourth-order valence-electron chi connectivity index (χ4n) is 1.84. The summed E-state index contributed by atoms with van der Waals surface area (Å²) in [6.07, 6.45) is 0. The molecular formula is C15H23NO3. The molecule has 0 aliphatic heterocycles. The Balaban J connectivity index is 2.55. The molecular weight excluding hydrogens is 242 g/mol. The smallest absolute Gasteiger partial charge is 0.258 e. The number of aliphatic hydroxyl groups is 1. The summed E-state index contributed by atoms with van der Waals surface area (Å²) in [5.41, 5.74) is 2.02.